The normalized spacial score (nSPS) is 10.7. The van der Waals surface area contributed by atoms with E-state index in [1.807, 2.05) is 91.0 Å². The number of benzene rings is 8. The number of nitrogens with one attached hydrogen (secondary N) is 2. The Balaban J connectivity index is 0.000000134. The molecule has 0 amide bonds. The number of nitro groups is 2. The molecule has 0 aliphatic carbocycles. The summed E-state index contributed by atoms with van der Waals surface area (Å²) in [6, 6.07) is 51.0. The van der Waals surface area contributed by atoms with Crippen LogP contribution in [0.5, 0.6) is 11.5 Å². The van der Waals surface area contributed by atoms with Gasteiger partial charge in [0.15, 0.2) is 16.7 Å². The quantitative estimate of drug-likeness (QED) is 0.0621. The summed E-state index contributed by atoms with van der Waals surface area (Å²) in [6.07, 6.45) is 0. The average molecular weight is 951 g/mol. The van der Waals surface area contributed by atoms with Crippen LogP contribution in [0, 0.1) is 26.0 Å². The first-order valence-electron chi connectivity index (χ1n) is 21.5. The number of para-hydroxylation sites is 6. The van der Waals surface area contributed by atoms with Crippen molar-refractivity contribution in [1.82, 2.24) is 15.0 Å². The number of aromatic nitrogens is 3. The Kier molecular flexibility index (Phi) is 13.2. The number of nitro benzene ring substituents is 2. The Labute approximate surface area is 402 Å². The molecule has 0 saturated carbocycles. The van der Waals surface area contributed by atoms with Gasteiger partial charge in [-0.05, 0) is 103 Å². The van der Waals surface area contributed by atoms with Crippen LogP contribution in [-0.4, -0.2) is 39.0 Å². The lowest BCUT2D eigenvalue weighted by molar-refractivity contribution is -0.387. The van der Waals surface area contributed by atoms with E-state index in [1.165, 1.54) is 12.1 Å². The molecule has 0 aliphatic heterocycles. The molecule has 0 radical (unpaired) electrons. The number of ether oxygens (including phenoxy) is 2. The first-order chi connectivity index (χ1) is 34.5. The minimum Gasteiger partial charge on any atom is -0.497 e. The first kappa shape index (κ1) is 46.0. The van der Waals surface area contributed by atoms with Gasteiger partial charge in [0, 0.05) is 52.3 Å². The van der Waals surface area contributed by atoms with E-state index in [0.717, 1.165) is 45.9 Å². The number of nitrogens with two attached hydrogens (primary N) is 1. The fourth-order valence-electron chi connectivity index (χ4n) is 7.22. The summed E-state index contributed by atoms with van der Waals surface area (Å²) >= 11 is 0. The van der Waals surface area contributed by atoms with Crippen LogP contribution in [0.25, 0.3) is 67.7 Å². The van der Waals surface area contributed by atoms with Crippen LogP contribution in [0.3, 0.4) is 0 Å². The van der Waals surface area contributed by atoms with E-state index in [1.54, 1.807) is 74.9 Å². The number of hydrogen-bond donors (Lipinski definition) is 3. The molecule has 0 fully saturated rings. The summed E-state index contributed by atoms with van der Waals surface area (Å²) in [5, 5.41) is 28.6. The maximum absolute atomic E-state index is 13.2. The number of halogens is 1. The van der Waals surface area contributed by atoms with E-state index < -0.39 is 21.4 Å². The fourth-order valence-corrected chi connectivity index (χ4v) is 7.22. The van der Waals surface area contributed by atoms with Gasteiger partial charge < -0.3 is 39.1 Å². The van der Waals surface area contributed by atoms with Gasteiger partial charge in [-0.25, -0.2) is 15.0 Å². The maximum Gasteiger partial charge on any atom is 0.305 e. The molecule has 71 heavy (non-hydrogen) atoms. The smallest absolute Gasteiger partial charge is 0.305 e. The highest BCUT2D eigenvalue weighted by atomic mass is 19.1. The summed E-state index contributed by atoms with van der Waals surface area (Å²) in [5.74, 6) is 1.68. The zero-order chi connectivity index (χ0) is 49.4. The van der Waals surface area contributed by atoms with Gasteiger partial charge in [0.2, 0.25) is 23.5 Å². The van der Waals surface area contributed by atoms with Crippen molar-refractivity contribution in [2.24, 2.45) is 0 Å². The topological polar surface area (TPSA) is 233 Å². The molecule has 0 aliphatic rings. The van der Waals surface area contributed by atoms with Crippen molar-refractivity contribution in [2.45, 2.75) is 0 Å². The average Bonchev–Trinajstić information content (AvgIpc) is 4.15. The third-order valence-corrected chi connectivity index (χ3v) is 10.7. The van der Waals surface area contributed by atoms with Crippen molar-refractivity contribution in [3.05, 3.63) is 202 Å². The van der Waals surface area contributed by atoms with Crippen LogP contribution in [0.15, 0.2) is 189 Å². The van der Waals surface area contributed by atoms with Crippen molar-refractivity contribution >= 4 is 73.1 Å². The predicted molar refractivity (Wildman–Crippen MR) is 269 cm³/mol. The summed E-state index contributed by atoms with van der Waals surface area (Å²) in [5.41, 5.74) is 14.8. The lowest BCUT2D eigenvalue weighted by Crippen LogP contribution is -1.98. The number of fused-ring (bicyclic) bond motifs is 3. The van der Waals surface area contributed by atoms with Crippen molar-refractivity contribution in [1.29, 1.82) is 0 Å². The Hall–Kier alpha value is -10.1. The molecular weight excluding hydrogens is 912 g/mol. The van der Waals surface area contributed by atoms with Crippen molar-refractivity contribution in [3.63, 3.8) is 0 Å². The van der Waals surface area contributed by atoms with Crippen LogP contribution < -0.4 is 25.8 Å². The summed E-state index contributed by atoms with van der Waals surface area (Å²) < 4.78 is 40.6. The predicted octanol–water partition coefficient (Wildman–Crippen LogP) is 13.5. The van der Waals surface area contributed by atoms with Crippen LogP contribution >= 0.6 is 0 Å². The van der Waals surface area contributed by atoms with E-state index in [0.29, 0.717) is 67.9 Å². The molecule has 11 aromatic rings. The van der Waals surface area contributed by atoms with Gasteiger partial charge in [0.25, 0.3) is 5.69 Å². The van der Waals surface area contributed by atoms with E-state index in [4.69, 9.17) is 28.5 Å². The molecule has 0 spiro atoms. The minimum atomic E-state index is -0.884. The molecule has 0 atom stereocenters. The molecule has 17 nitrogen and oxygen atoms in total. The molecule has 0 saturated heterocycles. The van der Waals surface area contributed by atoms with Crippen molar-refractivity contribution in [2.75, 3.05) is 30.6 Å². The molecule has 4 N–H and O–H groups in total. The number of oxazole rings is 3. The fraction of sp³-hybridized carbons (Fsp3) is 0.0377. The van der Waals surface area contributed by atoms with Crippen molar-refractivity contribution < 1.29 is 37.0 Å². The summed E-state index contributed by atoms with van der Waals surface area (Å²) in [4.78, 5) is 34.2. The third-order valence-electron chi connectivity index (χ3n) is 10.7. The zero-order valence-electron chi connectivity index (χ0n) is 37.6. The highest BCUT2D eigenvalue weighted by Crippen LogP contribution is 2.35. The number of nitrogens with zero attached hydrogens (tertiary/aromatic N) is 5. The van der Waals surface area contributed by atoms with Crippen LogP contribution in [0.4, 0.5) is 44.2 Å². The number of rotatable bonds is 11. The van der Waals surface area contributed by atoms with Gasteiger partial charge in [-0.1, -0.05) is 48.5 Å². The largest absolute Gasteiger partial charge is 0.497 e. The van der Waals surface area contributed by atoms with Gasteiger partial charge in [0.1, 0.15) is 33.7 Å². The third kappa shape index (κ3) is 10.6. The van der Waals surface area contributed by atoms with E-state index in [-0.39, 0.29) is 11.6 Å². The maximum atomic E-state index is 13.2. The molecular formula is C53H39FN8O9. The summed E-state index contributed by atoms with van der Waals surface area (Å²) in [6.45, 7) is 0. The van der Waals surface area contributed by atoms with Gasteiger partial charge >= 0.3 is 5.69 Å². The van der Waals surface area contributed by atoms with Crippen LogP contribution in [0.2, 0.25) is 0 Å². The number of anilines is 5. The molecule has 11 rings (SSSR count). The van der Waals surface area contributed by atoms with Gasteiger partial charge in [-0.3, -0.25) is 20.2 Å². The molecule has 0 bridgehead atoms. The number of hydrogen-bond acceptors (Lipinski definition) is 15. The number of methoxy groups -OCH3 is 2. The van der Waals surface area contributed by atoms with Gasteiger partial charge in [0.05, 0.1) is 35.4 Å². The summed E-state index contributed by atoms with van der Waals surface area (Å²) in [7, 11) is 3.21. The van der Waals surface area contributed by atoms with E-state index in [9.17, 15) is 24.6 Å². The van der Waals surface area contributed by atoms with Gasteiger partial charge in [-0.15, -0.1) is 0 Å². The molecule has 3 aromatic heterocycles. The molecule has 352 valence electrons. The zero-order valence-corrected chi connectivity index (χ0v) is 37.6. The highest BCUT2D eigenvalue weighted by molar-refractivity contribution is 5.82. The molecule has 0 unspecified atom stereocenters. The lowest BCUT2D eigenvalue weighted by atomic mass is 10.1. The second-order valence-electron chi connectivity index (χ2n) is 15.4. The van der Waals surface area contributed by atoms with Gasteiger partial charge in [-0.2, -0.15) is 4.39 Å². The second kappa shape index (κ2) is 20.4. The Morgan fingerprint density at radius 1 is 0.493 bits per heavy atom. The molecule has 3 heterocycles. The molecule has 8 aromatic carbocycles. The van der Waals surface area contributed by atoms with Crippen LogP contribution in [0.1, 0.15) is 0 Å². The number of nitrogen functional groups attached to an aromatic ring is 1. The SMILES string of the molecule is COc1cccc(Nc2ccc(-c3nc4ccccc4o3)cc2N)c1.COc1cccc(Nc2ccc(-c3nc4ccccc4o3)cc2[N+](=O)[O-])c1.O=[N+]([O-])c1cc(-c2nc3ccccc3o2)ccc1F. The lowest BCUT2D eigenvalue weighted by Gasteiger charge is -2.11. The second-order valence-corrected chi connectivity index (χ2v) is 15.4. The highest BCUT2D eigenvalue weighted by Gasteiger charge is 2.20. The Bertz CT molecular complexity index is 3620. The van der Waals surface area contributed by atoms with Crippen molar-refractivity contribution in [3.8, 4) is 45.9 Å². The minimum absolute atomic E-state index is 0.0717. The van der Waals surface area contributed by atoms with E-state index in [2.05, 4.69) is 25.6 Å². The first-order valence-corrected chi connectivity index (χ1v) is 21.5. The van der Waals surface area contributed by atoms with E-state index >= 15 is 0 Å². The molecule has 18 heteroatoms. The monoisotopic (exact) mass is 950 g/mol. The Morgan fingerprint density at radius 2 is 0.901 bits per heavy atom. The van der Waals surface area contributed by atoms with Crippen LogP contribution in [-0.2, 0) is 0 Å². The standard InChI is InChI=1S/C20H15N3O4.C20H17N3O2.C13H7FN2O3/c1-26-15-6-4-5-14(12-15)21-16-10-9-13(11-18(16)23(24)25)20-22-17-7-2-3-8-19(17)27-20;1-24-15-6-4-5-14(12-15)22-17-10-9-13(11-16(17)21)20-23-18-7-2-3-8-19(18)25-20;14-9-6-5-8(7-11(9)16(17)18)13-15-10-3-1-2-4-12(10)19-13/h2-12,21H,1H3;2-12,22H,21H2,1H3;1-7H. The Morgan fingerprint density at radius 3 is 1.34 bits per heavy atom.